The van der Waals surface area contributed by atoms with E-state index in [9.17, 15) is 9.59 Å². The average molecular weight is 404 g/mol. The molecule has 0 unspecified atom stereocenters. The molecule has 1 N–H and O–H groups in total. The van der Waals surface area contributed by atoms with Gasteiger partial charge in [0, 0.05) is 22.9 Å². The standard InChI is InChI=1S/C24H18ClNO3/c1-14-11-19-21(12-15(14)2)29-22-13-17(8-9-18(22)24(19)28)26-23(27)10-7-16-5-3-4-6-20(16)25/h3-13H,1-2H3,(H,26,27)/b10-7+. The number of fused-ring (bicyclic) bond motifs is 2. The van der Waals surface area contributed by atoms with Gasteiger partial charge in [0.25, 0.3) is 0 Å². The Morgan fingerprint density at radius 3 is 2.48 bits per heavy atom. The molecule has 0 atom stereocenters. The highest BCUT2D eigenvalue weighted by molar-refractivity contribution is 6.32. The molecule has 1 amide bonds. The molecule has 0 aliphatic heterocycles. The Labute approximate surface area is 172 Å². The van der Waals surface area contributed by atoms with Crippen LogP contribution in [0.4, 0.5) is 5.69 Å². The maximum absolute atomic E-state index is 12.8. The maximum Gasteiger partial charge on any atom is 0.248 e. The monoisotopic (exact) mass is 403 g/mol. The number of halogens is 1. The first-order valence-corrected chi connectivity index (χ1v) is 9.51. The third kappa shape index (κ3) is 3.80. The molecule has 0 radical (unpaired) electrons. The summed E-state index contributed by atoms with van der Waals surface area (Å²) in [4.78, 5) is 25.1. The van der Waals surface area contributed by atoms with E-state index in [-0.39, 0.29) is 11.3 Å². The third-order valence-electron chi connectivity index (χ3n) is 4.87. The van der Waals surface area contributed by atoms with Crippen LogP contribution in [0.25, 0.3) is 28.0 Å². The van der Waals surface area contributed by atoms with Crippen LogP contribution in [0.2, 0.25) is 5.02 Å². The van der Waals surface area contributed by atoms with E-state index in [2.05, 4.69) is 5.32 Å². The zero-order valence-corrected chi connectivity index (χ0v) is 16.7. The van der Waals surface area contributed by atoms with Crippen LogP contribution in [0.15, 0.2) is 69.9 Å². The van der Waals surface area contributed by atoms with Gasteiger partial charge >= 0.3 is 0 Å². The first kappa shape index (κ1) is 19.0. The molecule has 5 heteroatoms. The van der Waals surface area contributed by atoms with Crippen LogP contribution in [0.3, 0.4) is 0 Å². The van der Waals surface area contributed by atoms with Gasteiger partial charge in [-0.1, -0.05) is 29.8 Å². The predicted octanol–water partition coefficient (Wildman–Crippen LogP) is 5.87. The van der Waals surface area contributed by atoms with Gasteiger partial charge in [0.15, 0.2) is 0 Å². The van der Waals surface area contributed by atoms with Crippen molar-refractivity contribution in [1.29, 1.82) is 0 Å². The lowest BCUT2D eigenvalue weighted by Gasteiger charge is -2.07. The molecule has 0 saturated carbocycles. The van der Waals surface area contributed by atoms with Crippen molar-refractivity contribution in [3.8, 4) is 0 Å². The van der Waals surface area contributed by atoms with Crippen molar-refractivity contribution in [2.75, 3.05) is 5.32 Å². The van der Waals surface area contributed by atoms with Gasteiger partial charge in [-0.15, -0.1) is 0 Å². The molecule has 1 aromatic heterocycles. The minimum atomic E-state index is -0.307. The number of anilines is 1. The number of aryl methyl sites for hydroxylation is 2. The van der Waals surface area contributed by atoms with E-state index in [0.29, 0.717) is 32.6 Å². The summed E-state index contributed by atoms with van der Waals surface area (Å²) in [5.74, 6) is -0.307. The lowest BCUT2D eigenvalue weighted by Crippen LogP contribution is -2.08. The van der Waals surface area contributed by atoms with Gasteiger partial charge in [0.1, 0.15) is 11.2 Å². The Hall–Kier alpha value is -3.37. The molecule has 1 heterocycles. The van der Waals surface area contributed by atoms with Crippen LogP contribution in [0, 0.1) is 13.8 Å². The van der Waals surface area contributed by atoms with E-state index in [1.54, 1.807) is 30.3 Å². The molecule has 0 spiro atoms. The summed E-state index contributed by atoms with van der Waals surface area (Å²) >= 11 is 6.09. The molecule has 0 aliphatic carbocycles. The molecule has 0 aliphatic rings. The highest BCUT2D eigenvalue weighted by atomic mass is 35.5. The van der Waals surface area contributed by atoms with E-state index in [1.165, 1.54) is 6.08 Å². The second-order valence-electron chi connectivity index (χ2n) is 6.92. The molecular formula is C24H18ClNO3. The Bertz CT molecular complexity index is 1350. The maximum atomic E-state index is 12.8. The normalized spacial score (nSPS) is 11.4. The summed E-state index contributed by atoms with van der Waals surface area (Å²) in [5, 5.41) is 4.38. The Kier molecular flexibility index (Phi) is 4.95. The number of nitrogens with one attached hydrogen (secondary N) is 1. The molecular weight excluding hydrogens is 386 g/mol. The van der Waals surface area contributed by atoms with Crippen molar-refractivity contribution >= 4 is 51.2 Å². The Balaban J connectivity index is 1.66. The van der Waals surface area contributed by atoms with Crippen molar-refractivity contribution in [3.63, 3.8) is 0 Å². The van der Waals surface area contributed by atoms with Gasteiger partial charge in [-0.05, 0) is 66.9 Å². The van der Waals surface area contributed by atoms with Crippen LogP contribution >= 0.6 is 11.6 Å². The second-order valence-corrected chi connectivity index (χ2v) is 7.33. The summed E-state index contributed by atoms with van der Waals surface area (Å²) in [6.45, 7) is 3.94. The fourth-order valence-corrected chi connectivity index (χ4v) is 3.35. The first-order valence-electron chi connectivity index (χ1n) is 9.14. The second kappa shape index (κ2) is 7.57. The van der Waals surface area contributed by atoms with Gasteiger partial charge in [-0.2, -0.15) is 0 Å². The zero-order chi connectivity index (χ0) is 20.5. The van der Waals surface area contributed by atoms with Crippen LogP contribution < -0.4 is 10.7 Å². The third-order valence-corrected chi connectivity index (χ3v) is 5.22. The predicted molar refractivity (Wildman–Crippen MR) is 119 cm³/mol. The zero-order valence-electron chi connectivity index (χ0n) is 16.0. The number of hydrogen-bond acceptors (Lipinski definition) is 3. The molecule has 4 rings (SSSR count). The Morgan fingerprint density at radius 1 is 0.966 bits per heavy atom. The number of amides is 1. The molecule has 0 saturated heterocycles. The topological polar surface area (TPSA) is 59.3 Å². The minimum Gasteiger partial charge on any atom is -0.456 e. The number of rotatable bonds is 3. The van der Waals surface area contributed by atoms with Crippen LogP contribution in [0.5, 0.6) is 0 Å². The van der Waals surface area contributed by atoms with Crippen molar-refractivity contribution in [3.05, 3.63) is 92.6 Å². The van der Waals surface area contributed by atoms with E-state index in [4.69, 9.17) is 16.0 Å². The van der Waals surface area contributed by atoms with Gasteiger partial charge in [0.2, 0.25) is 11.3 Å². The molecule has 29 heavy (non-hydrogen) atoms. The van der Waals surface area contributed by atoms with E-state index in [0.717, 1.165) is 16.7 Å². The SMILES string of the molecule is Cc1cc2oc3cc(NC(=O)/C=C/c4ccccc4Cl)ccc3c(=O)c2cc1C. The first-order chi connectivity index (χ1) is 13.9. The highest BCUT2D eigenvalue weighted by Gasteiger charge is 2.10. The van der Waals surface area contributed by atoms with Crippen molar-refractivity contribution in [1.82, 2.24) is 0 Å². The largest absolute Gasteiger partial charge is 0.456 e. The molecule has 4 nitrogen and oxygen atoms in total. The molecule has 144 valence electrons. The van der Waals surface area contributed by atoms with E-state index in [1.807, 2.05) is 44.2 Å². The lowest BCUT2D eigenvalue weighted by molar-refractivity contribution is -0.111. The van der Waals surface area contributed by atoms with Crippen molar-refractivity contribution in [2.45, 2.75) is 13.8 Å². The average Bonchev–Trinajstić information content (AvgIpc) is 2.69. The lowest BCUT2D eigenvalue weighted by atomic mass is 10.1. The fourth-order valence-electron chi connectivity index (χ4n) is 3.15. The van der Waals surface area contributed by atoms with Gasteiger partial charge in [-0.25, -0.2) is 0 Å². The summed E-state index contributed by atoms with van der Waals surface area (Å²) < 4.78 is 5.94. The van der Waals surface area contributed by atoms with Crippen LogP contribution in [-0.2, 0) is 4.79 Å². The van der Waals surface area contributed by atoms with E-state index >= 15 is 0 Å². The number of carbonyl (C=O) groups is 1. The molecule has 4 aromatic rings. The molecule has 0 bridgehead atoms. The van der Waals surface area contributed by atoms with Crippen LogP contribution in [0.1, 0.15) is 16.7 Å². The minimum absolute atomic E-state index is 0.0826. The van der Waals surface area contributed by atoms with E-state index < -0.39 is 0 Å². The van der Waals surface area contributed by atoms with Crippen LogP contribution in [-0.4, -0.2) is 5.91 Å². The summed E-state index contributed by atoms with van der Waals surface area (Å²) in [6.07, 6.45) is 3.06. The quantitative estimate of drug-likeness (QED) is 0.344. The smallest absolute Gasteiger partial charge is 0.248 e. The fraction of sp³-hybridized carbons (Fsp3) is 0.0833. The van der Waals surface area contributed by atoms with Gasteiger partial charge < -0.3 is 9.73 Å². The molecule has 3 aromatic carbocycles. The number of carbonyl (C=O) groups excluding carboxylic acids is 1. The summed E-state index contributed by atoms with van der Waals surface area (Å²) in [5.41, 5.74) is 4.27. The summed E-state index contributed by atoms with van der Waals surface area (Å²) in [7, 11) is 0. The summed E-state index contributed by atoms with van der Waals surface area (Å²) in [6, 6.07) is 16.0. The molecule has 0 fully saturated rings. The van der Waals surface area contributed by atoms with Gasteiger partial charge in [-0.3, -0.25) is 9.59 Å². The van der Waals surface area contributed by atoms with Crippen molar-refractivity contribution in [2.24, 2.45) is 0 Å². The van der Waals surface area contributed by atoms with Gasteiger partial charge in [0.05, 0.1) is 10.8 Å². The number of hydrogen-bond donors (Lipinski definition) is 1. The highest BCUT2D eigenvalue weighted by Crippen LogP contribution is 2.24. The number of benzene rings is 3. The van der Waals surface area contributed by atoms with Crippen molar-refractivity contribution < 1.29 is 9.21 Å². The Morgan fingerprint density at radius 2 is 1.69 bits per heavy atom.